The molecule has 0 aliphatic heterocycles. The zero-order chi connectivity index (χ0) is 9.84. The van der Waals surface area contributed by atoms with Gasteiger partial charge in [0.2, 0.25) is 0 Å². The third-order valence-corrected chi connectivity index (χ3v) is 2.91. The van der Waals surface area contributed by atoms with Gasteiger partial charge in [0.05, 0.1) is 5.92 Å². The van der Waals surface area contributed by atoms with Crippen LogP contribution < -0.4 is 5.32 Å². The van der Waals surface area contributed by atoms with Crippen LogP contribution in [0.5, 0.6) is 0 Å². The smallest absolute Gasteiger partial charge is 0.306 e. The Morgan fingerprint density at radius 1 is 1.62 bits per heavy atom. The Bertz CT molecular complexity index is 182. The number of carboxylic acid groups (broad SMARTS) is 1. The summed E-state index contributed by atoms with van der Waals surface area (Å²) < 4.78 is 0. The molecule has 3 nitrogen and oxygen atoms in total. The standard InChI is InChI=1S/C10H19NO2/c1-3-7(2)11-9-5-4-8(6-9)10(12)13/h7-9,11H,3-6H2,1-2H3,(H,12,13). The summed E-state index contributed by atoms with van der Waals surface area (Å²) in [5.41, 5.74) is 0. The van der Waals surface area contributed by atoms with E-state index in [9.17, 15) is 4.79 Å². The van der Waals surface area contributed by atoms with Gasteiger partial charge in [0, 0.05) is 12.1 Å². The molecule has 0 amide bonds. The maximum Gasteiger partial charge on any atom is 0.306 e. The number of hydrogen-bond donors (Lipinski definition) is 2. The van der Waals surface area contributed by atoms with E-state index in [4.69, 9.17) is 5.11 Å². The van der Waals surface area contributed by atoms with Crippen molar-refractivity contribution in [3.05, 3.63) is 0 Å². The van der Waals surface area contributed by atoms with E-state index in [0.29, 0.717) is 12.1 Å². The van der Waals surface area contributed by atoms with Crippen LogP contribution >= 0.6 is 0 Å². The Labute approximate surface area is 79.5 Å². The van der Waals surface area contributed by atoms with E-state index in [-0.39, 0.29) is 5.92 Å². The maximum atomic E-state index is 10.7. The highest BCUT2D eigenvalue weighted by Crippen LogP contribution is 2.25. The van der Waals surface area contributed by atoms with Crippen molar-refractivity contribution >= 4 is 5.97 Å². The van der Waals surface area contributed by atoms with Crippen LogP contribution in [0.15, 0.2) is 0 Å². The molecule has 0 aromatic rings. The summed E-state index contributed by atoms with van der Waals surface area (Å²) in [4.78, 5) is 10.7. The zero-order valence-corrected chi connectivity index (χ0v) is 8.42. The molecule has 3 heteroatoms. The van der Waals surface area contributed by atoms with E-state index in [2.05, 4.69) is 19.2 Å². The molecule has 1 saturated carbocycles. The molecule has 3 atom stereocenters. The van der Waals surface area contributed by atoms with Crippen molar-refractivity contribution in [3.63, 3.8) is 0 Å². The summed E-state index contributed by atoms with van der Waals surface area (Å²) in [6, 6.07) is 0.939. The molecule has 0 aromatic carbocycles. The summed E-state index contributed by atoms with van der Waals surface area (Å²) >= 11 is 0. The van der Waals surface area contributed by atoms with E-state index in [1.165, 1.54) is 0 Å². The van der Waals surface area contributed by atoms with Gasteiger partial charge in [0.15, 0.2) is 0 Å². The quantitative estimate of drug-likeness (QED) is 0.700. The molecule has 0 heterocycles. The van der Waals surface area contributed by atoms with Crippen LogP contribution in [-0.4, -0.2) is 23.2 Å². The lowest BCUT2D eigenvalue weighted by Gasteiger charge is -2.17. The minimum atomic E-state index is -0.631. The first-order chi connectivity index (χ1) is 6.13. The minimum Gasteiger partial charge on any atom is -0.481 e. The molecule has 0 spiro atoms. The van der Waals surface area contributed by atoms with Gasteiger partial charge in [-0.1, -0.05) is 6.92 Å². The Kier molecular flexibility index (Phi) is 3.72. The topological polar surface area (TPSA) is 49.3 Å². The van der Waals surface area contributed by atoms with E-state index >= 15 is 0 Å². The third kappa shape index (κ3) is 2.99. The Balaban J connectivity index is 2.29. The second kappa shape index (κ2) is 4.61. The SMILES string of the molecule is CCC(C)NC1CCC(C(=O)O)C1. The summed E-state index contributed by atoms with van der Waals surface area (Å²) in [6.45, 7) is 4.29. The lowest BCUT2D eigenvalue weighted by atomic mass is 10.1. The van der Waals surface area contributed by atoms with Gasteiger partial charge in [-0.3, -0.25) is 4.79 Å². The lowest BCUT2D eigenvalue weighted by Crippen LogP contribution is -2.34. The van der Waals surface area contributed by atoms with Gasteiger partial charge in [-0.2, -0.15) is 0 Å². The van der Waals surface area contributed by atoms with Crippen LogP contribution in [0.4, 0.5) is 0 Å². The van der Waals surface area contributed by atoms with E-state index < -0.39 is 5.97 Å². The van der Waals surface area contributed by atoms with E-state index in [1.54, 1.807) is 0 Å². The third-order valence-electron chi connectivity index (χ3n) is 2.91. The highest BCUT2D eigenvalue weighted by Gasteiger charge is 2.29. The molecule has 1 aliphatic carbocycles. The van der Waals surface area contributed by atoms with Gasteiger partial charge in [0.25, 0.3) is 0 Å². The van der Waals surface area contributed by atoms with Crippen molar-refractivity contribution in [2.24, 2.45) is 5.92 Å². The van der Waals surface area contributed by atoms with Crippen LogP contribution in [0.25, 0.3) is 0 Å². The molecular formula is C10H19NO2. The van der Waals surface area contributed by atoms with Crippen LogP contribution in [-0.2, 0) is 4.79 Å². The second-order valence-corrected chi connectivity index (χ2v) is 4.02. The van der Waals surface area contributed by atoms with Gasteiger partial charge < -0.3 is 10.4 Å². The monoisotopic (exact) mass is 185 g/mol. The van der Waals surface area contributed by atoms with Crippen molar-refractivity contribution < 1.29 is 9.90 Å². The van der Waals surface area contributed by atoms with Gasteiger partial charge in [-0.25, -0.2) is 0 Å². The maximum absolute atomic E-state index is 10.7. The molecule has 1 fully saturated rings. The molecule has 2 N–H and O–H groups in total. The number of rotatable bonds is 4. The molecular weight excluding hydrogens is 166 g/mol. The van der Waals surface area contributed by atoms with Crippen molar-refractivity contribution in [3.8, 4) is 0 Å². The molecule has 1 aliphatic rings. The fourth-order valence-electron chi connectivity index (χ4n) is 1.88. The minimum absolute atomic E-state index is 0.110. The second-order valence-electron chi connectivity index (χ2n) is 4.02. The Morgan fingerprint density at radius 3 is 2.77 bits per heavy atom. The molecule has 1 rings (SSSR count). The van der Waals surface area contributed by atoms with E-state index in [1.807, 2.05) is 0 Å². The average Bonchev–Trinajstić information content (AvgIpc) is 2.52. The van der Waals surface area contributed by atoms with Gasteiger partial charge in [-0.05, 0) is 32.6 Å². The van der Waals surface area contributed by atoms with Crippen LogP contribution in [0, 0.1) is 5.92 Å². The fraction of sp³-hybridized carbons (Fsp3) is 0.900. The highest BCUT2D eigenvalue weighted by atomic mass is 16.4. The van der Waals surface area contributed by atoms with Crippen LogP contribution in [0.2, 0.25) is 0 Å². The number of hydrogen-bond acceptors (Lipinski definition) is 2. The Morgan fingerprint density at radius 2 is 2.31 bits per heavy atom. The summed E-state index contributed by atoms with van der Waals surface area (Å²) in [5, 5.41) is 12.2. The summed E-state index contributed by atoms with van der Waals surface area (Å²) in [7, 11) is 0. The first kappa shape index (κ1) is 10.5. The molecule has 0 aromatic heterocycles. The van der Waals surface area contributed by atoms with Gasteiger partial charge in [-0.15, -0.1) is 0 Å². The van der Waals surface area contributed by atoms with E-state index in [0.717, 1.165) is 25.7 Å². The number of carboxylic acids is 1. The highest BCUT2D eigenvalue weighted by molar-refractivity contribution is 5.70. The molecule has 0 saturated heterocycles. The van der Waals surface area contributed by atoms with Gasteiger partial charge >= 0.3 is 5.97 Å². The Hall–Kier alpha value is -0.570. The summed E-state index contributed by atoms with van der Waals surface area (Å²) in [6.07, 6.45) is 3.76. The number of carbonyl (C=O) groups is 1. The summed E-state index contributed by atoms with van der Waals surface area (Å²) in [5.74, 6) is -0.741. The lowest BCUT2D eigenvalue weighted by molar-refractivity contribution is -0.141. The zero-order valence-electron chi connectivity index (χ0n) is 8.42. The van der Waals surface area contributed by atoms with Crippen molar-refractivity contribution in [1.82, 2.24) is 5.32 Å². The van der Waals surface area contributed by atoms with Crippen LogP contribution in [0.1, 0.15) is 39.5 Å². The largest absolute Gasteiger partial charge is 0.481 e. The first-order valence-electron chi connectivity index (χ1n) is 5.12. The fourth-order valence-corrected chi connectivity index (χ4v) is 1.88. The molecule has 0 bridgehead atoms. The predicted octanol–water partition coefficient (Wildman–Crippen LogP) is 1.63. The van der Waals surface area contributed by atoms with Crippen molar-refractivity contribution in [2.45, 2.75) is 51.6 Å². The average molecular weight is 185 g/mol. The predicted molar refractivity (Wildman–Crippen MR) is 51.7 cm³/mol. The molecule has 3 unspecified atom stereocenters. The normalized spacial score (nSPS) is 30.3. The van der Waals surface area contributed by atoms with Crippen molar-refractivity contribution in [2.75, 3.05) is 0 Å². The molecule has 76 valence electrons. The first-order valence-corrected chi connectivity index (χ1v) is 5.12. The number of aliphatic carboxylic acids is 1. The molecule has 0 radical (unpaired) electrons. The van der Waals surface area contributed by atoms with Crippen LogP contribution in [0.3, 0.4) is 0 Å². The molecule has 13 heavy (non-hydrogen) atoms. The van der Waals surface area contributed by atoms with Gasteiger partial charge in [0.1, 0.15) is 0 Å². The number of nitrogens with one attached hydrogen (secondary N) is 1. The van der Waals surface area contributed by atoms with Crippen molar-refractivity contribution in [1.29, 1.82) is 0 Å².